The van der Waals surface area contributed by atoms with E-state index in [0.29, 0.717) is 13.0 Å². The fourth-order valence-corrected chi connectivity index (χ4v) is 2.92. The average molecular weight is 340 g/mol. The Morgan fingerprint density at radius 3 is 2.46 bits per heavy atom. The first-order valence-electron chi connectivity index (χ1n) is 9.27. The molecule has 1 saturated heterocycles. The first-order valence-corrected chi connectivity index (χ1v) is 9.27. The molecular formula is C19H32O5. The van der Waals surface area contributed by atoms with Crippen molar-refractivity contribution in [3.63, 3.8) is 0 Å². The van der Waals surface area contributed by atoms with E-state index in [4.69, 9.17) is 9.47 Å². The van der Waals surface area contributed by atoms with Crippen LogP contribution < -0.4 is 0 Å². The molecule has 0 aromatic rings. The van der Waals surface area contributed by atoms with Crippen LogP contribution in [0, 0.1) is 5.92 Å². The zero-order valence-electron chi connectivity index (χ0n) is 15.1. The lowest BCUT2D eigenvalue weighted by atomic mass is 9.88. The number of ether oxygens (including phenoxy) is 2. The van der Waals surface area contributed by atoms with Crippen LogP contribution in [0.2, 0.25) is 0 Å². The van der Waals surface area contributed by atoms with Gasteiger partial charge in [-0.15, -0.1) is 0 Å². The highest BCUT2D eigenvalue weighted by atomic mass is 16.6. The SMILES string of the molecule is C=C1C(=O)O[C@@H](C(=O)OCCCC)[C@@H]1[C@H](O)CCCCCCCC. The third kappa shape index (κ3) is 6.27. The molecule has 0 aromatic heterocycles. The molecule has 3 atom stereocenters. The van der Waals surface area contributed by atoms with Crippen molar-refractivity contribution in [3.05, 3.63) is 12.2 Å². The number of carbonyl (C=O) groups is 2. The van der Waals surface area contributed by atoms with Crippen molar-refractivity contribution >= 4 is 11.9 Å². The molecule has 0 bridgehead atoms. The van der Waals surface area contributed by atoms with Gasteiger partial charge in [0.2, 0.25) is 6.10 Å². The monoisotopic (exact) mass is 340 g/mol. The van der Waals surface area contributed by atoms with Crippen molar-refractivity contribution in [2.75, 3.05) is 6.61 Å². The van der Waals surface area contributed by atoms with Crippen molar-refractivity contribution in [2.45, 2.75) is 83.8 Å². The lowest BCUT2D eigenvalue weighted by Crippen LogP contribution is -2.36. The molecule has 0 saturated carbocycles. The van der Waals surface area contributed by atoms with Crippen LogP contribution in [-0.4, -0.2) is 35.9 Å². The number of rotatable bonds is 12. The van der Waals surface area contributed by atoms with Crippen LogP contribution >= 0.6 is 0 Å². The second-order valence-corrected chi connectivity index (χ2v) is 6.52. The van der Waals surface area contributed by atoms with Gasteiger partial charge in [-0.1, -0.05) is 65.4 Å². The Hall–Kier alpha value is -1.36. The molecule has 5 nitrogen and oxygen atoms in total. The zero-order valence-corrected chi connectivity index (χ0v) is 15.1. The number of aliphatic hydroxyl groups is 1. The van der Waals surface area contributed by atoms with Gasteiger partial charge in [0.1, 0.15) is 0 Å². The summed E-state index contributed by atoms with van der Waals surface area (Å²) in [5, 5.41) is 10.4. The number of hydrogen-bond acceptors (Lipinski definition) is 5. The smallest absolute Gasteiger partial charge is 0.348 e. The number of carbonyl (C=O) groups excluding carboxylic acids is 2. The summed E-state index contributed by atoms with van der Waals surface area (Å²) in [6.45, 7) is 8.17. The molecule has 1 aliphatic heterocycles. The summed E-state index contributed by atoms with van der Waals surface area (Å²) < 4.78 is 10.2. The van der Waals surface area contributed by atoms with E-state index in [0.717, 1.165) is 32.1 Å². The first-order chi connectivity index (χ1) is 11.5. The summed E-state index contributed by atoms with van der Waals surface area (Å²) in [5.41, 5.74) is 0.172. The maximum atomic E-state index is 12.1. The number of aliphatic hydroxyl groups excluding tert-OH is 1. The largest absolute Gasteiger partial charge is 0.463 e. The molecule has 24 heavy (non-hydrogen) atoms. The van der Waals surface area contributed by atoms with E-state index in [1.807, 2.05) is 6.92 Å². The maximum absolute atomic E-state index is 12.1. The van der Waals surface area contributed by atoms with E-state index in [1.165, 1.54) is 19.3 Å². The molecule has 0 unspecified atom stereocenters. The van der Waals surface area contributed by atoms with Crippen LogP contribution in [0.25, 0.3) is 0 Å². The Bertz CT molecular complexity index is 418. The summed E-state index contributed by atoms with van der Waals surface area (Å²) >= 11 is 0. The molecule has 0 radical (unpaired) electrons. The molecule has 5 heteroatoms. The first kappa shape index (κ1) is 20.7. The number of hydrogen-bond donors (Lipinski definition) is 1. The average Bonchev–Trinajstić information content (AvgIpc) is 2.86. The van der Waals surface area contributed by atoms with Crippen LogP contribution in [-0.2, 0) is 19.1 Å². The molecule has 1 heterocycles. The lowest BCUT2D eigenvalue weighted by Gasteiger charge is -2.21. The highest BCUT2D eigenvalue weighted by Crippen LogP contribution is 2.32. The molecule has 1 fully saturated rings. The predicted octanol–water partition coefficient (Wildman–Crippen LogP) is 3.54. The van der Waals surface area contributed by atoms with Crippen LogP contribution in [0.15, 0.2) is 12.2 Å². The van der Waals surface area contributed by atoms with Crippen LogP contribution in [0.1, 0.15) is 71.6 Å². The maximum Gasteiger partial charge on any atom is 0.348 e. The summed E-state index contributed by atoms with van der Waals surface area (Å²) in [7, 11) is 0. The number of unbranched alkanes of at least 4 members (excludes halogenated alkanes) is 6. The molecular weight excluding hydrogens is 308 g/mol. The Balaban J connectivity index is 2.49. The van der Waals surface area contributed by atoms with Gasteiger partial charge in [-0.05, 0) is 12.8 Å². The topological polar surface area (TPSA) is 72.8 Å². The molecule has 1 rings (SSSR count). The Labute approximate surface area is 145 Å². The van der Waals surface area contributed by atoms with E-state index in [-0.39, 0.29) is 5.57 Å². The van der Waals surface area contributed by atoms with Gasteiger partial charge in [-0.25, -0.2) is 9.59 Å². The summed E-state index contributed by atoms with van der Waals surface area (Å²) in [4.78, 5) is 23.9. The molecule has 0 aromatic carbocycles. The second kappa shape index (κ2) is 11.2. The van der Waals surface area contributed by atoms with Gasteiger partial charge < -0.3 is 14.6 Å². The molecule has 138 valence electrons. The van der Waals surface area contributed by atoms with Gasteiger partial charge in [-0.3, -0.25) is 0 Å². The van der Waals surface area contributed by atoms with E-state index >= 15 is 0 Å². The predicted molar refractivity (Wildman–Crippen MR) is 92.4 cm³/mol. The quantitative estimate of drug-likeness (QED) is 0.334. The summed E-state index contributed by atoms with van der Waals surface area (Å²) in [6, 6.07) is 0. The van der Waals surface area contributed by atoms with E-state index in [1.54, 1.807) is 0 Å². The minimum Gasteiger partial charge on any atom is -0.463 e. The van der Waals surface area contributed by atoms with Crippen LogP contribution in [0.3, 0.4) is 0 Å². The van der Waals surface area contributed by atoms with Crippen molar-refractivity contribution < 1.29 is 24.2 Å². The molecule has 1 aliphatic rings. The highest BCUT2D eigenvalue weighted by molar-refractivity contribution is 5.95. The normalized spacial score (nSPS) is 21.6. The van der Waals surface area contributed by atoms with Crippen LogP contribution in [0.5, 0.6) is 0 Å². The highest BCUT2D eigenvalue weighted by Gasteiger charge is 2.47. The van der Waals surface area contributed by atoms with E-state index in [2.05, 4.69) is 13.5 Å². The second-order valence-electron chi connectivity index (χ2n) is 6.52. The summed E-state index contributed by atoms with van der Waals surface area (Å²) in [6.07, 6.45) is 7.02. The van der Waals surface area contributed by atoms with Crippen molar-refractivity contribution in [1.82, 2.24) is 0 Å². The van der Waals surface area contributed by atoms with Gasteiger partial charge in [0.15, 0.2) is 0 Å². The zero-order chi connectivity index (χ0) is 17.9. The fourth-order valence-electron chi connectivity index (χ4n) is 2.92. The van der Waals surface area contributed by atoms with Gasteiger partial charge in [-0.2, -0.15) is 0 Å². The van der Waals surface area contributed by atoms with E-state index in [9.17, 15) is 14.7 Å². The summed E-state index contributed by atoms with van der Waals surface area (Å²) in [5.74, 6) is -1.89. The number of cyclic esters (lactones) is 1. The van der Waals surface area contributed by atoms with Gasteiger partial charge in [0.25, 0.3) is 0 Å². The molecule has 1 N–H and O–H groups in total. The van der Waals surface area contributed by atoms with Gasteiger partial charge in [0.05, 0.1) is 18.6 Å². The molecule has 0 spiro atoms. The Morgan fingerprint density at radius 2 is 1.79 bits per heavy atom. The Kier molecular flexibility index (Phi) is 9.69. The standard InChI is InChI=1S/C19H32O5/c1-4-6-8-9-10-11-12-15(20)16-14(3)18(21)24-17(16)19(22)23-13-7-5-2/h15-17,20H,3-13H2,1-2H3/t15-,16+,17-/m1/s1. The Morgan fingerprint density at radius 1 is 1.17 bits per heavy atom. The minimum absolute atomic E-state index is 0.172. The van der Waals surface area contributed by atoms with Crippen molar-refractivity contribution in [3.8, 4) is 0 Å². The van der Waals surface area contributed by atoms with Crippen LogP contribution in [0.4, 0.5) is 0 Å². The van der Waals surface area contributed by atoms with E-state index < -0.39 is 30.1 Å². The van der Waals surface area contributed by atoms with Crippen molar-refractivity contribution in [2.24, 2.45) is 5.92 Å². The third-order valence-corrected chi connectivity index (χ3v) is 4.47. The minimum atomic E-state index is -1.06. The lowest BCUT2D eigenvalue weighted by molar-refractivity contribution is -0.164. The molecule has 0 amide bonds. The number of esters is 2. The molecule has 0 aliphatic carbocycles. The van der Waals surface area contributed by atoms with Gasteiger partial charge in [0, 0.05) is 5.57 Å². The third-order valence-electron chi connectivity index (χ3n) is 4.47. The van der Waals surface area contributed by atoms with Gasteiger partial charge >= 0.3 is 11.9 Å². The van der Waals surface area contributed by atoms with Crippen molar-refractivity contribution in [1.29, 1.82) is 0 Å². The fraction of sp³-hybridized carbons (Fsp3) is 0.789.